The molecule has 0 radical (unpaired) electrons. The Balaban J connectivity index is 0.00000149. The van der Waals surface area contributed by atoms with Crippen LogP contribution in [0.4, 0.5) is 4.39 Å². The molecule has 0 N–H and O–H groups in total. The fraction of sp³-hybridized carbons (Fsp3) is 0.630. The molecule has 182 valence electrons. The van der Waals surface area contributed by atoms with Gasteiger partial charge < -0.3 is 9.47 Å². The van der Waals surface area contributed by atoms with Gasteiger partial charge in [-0.15, -0.1) is 0 Å². The Hall–Kier alpha value is -2.21. The monoisotopic (exact) mass is 457 g/mol. The highest BCUT2D eigenvalue weighted by atomic mass is 19.1. The minimum atomic E-state index is -0.256. The standard InChI is InChI=1S/C25H34FN3O2.C2H6/c1-24(2,3)31-23-15-20(27-10-11-28-23)18-29-12-8-25(9-13-29)16-22(17-25)30-21-7-5-4-6-19(26)14-21;1-2/h4-7,10-11,22H,8-9,12-18H2,1-3H3;1-2H3. The first-order valence-corrected chi connectivity index (χ1v) is 12.4. The van der Waals surface area contributed by atoms with Crippen LogP contribution < -0.4 is 0 Å². The molecule has 2 aliphatic carbocycles. The Labute approximate surface area is 198 Å². The SMILES string of the molecule is CC.CC(C)(C)OC1=NC=CN=C(CN2CCC3(CC2)CC(OC2=CC=CC=C(F)C2)C3)C1. The van der Waals surface area contributed by atoms with Crippen LogP contribution in [0.1, 0.15) is 73.1 Å². The molecule has 0 unspecified atom stereocenters. The van der Waals surface area contributed by atoms with Crippen molar-refractivity contribution in [2.24, 2.45) is 15.4 Å². The van der Waals surface area contributed by atoms with Crippen molar-refractivity contribution >= 4 is 11.6 Å². The second-order valence-electron chi connectivity index (χ2n) is 10.1. The largest absolute Gasteiger partial charge is 0.494 e. The first-order valence-electron chi connectivity index (χ1n) is 12.4. The van der Waals surface area contributed by atoms with Crippen LogP contribution in [-0.2, 0) is 9.47 Å². The molecule has 1 saturated heterocycles. The zero-order valence-corrected chi connectivity index (χ0v) is 20.9. The van der Waals surface area contributed by atoms with Gasteiger partial charge >= 0.3 is 0 Å². The number of hydrogen-bond donors (Lipinski definition) is 0. The number of allylic oxidation sites excluding steroid dienone is 5. The molecule has 4 rings (SSSR count). The van der Waals surface area contributed by atoms with Gasteiger partial charge in [-0.1, -0.05) is 26.0 Å². The van der Waals surface area contributed by atoms with E-state index in [4.69, 9.17) is 9.47 Å². The minimum Gasteiger partial charge on any atom is -0.494 e. The molecule has 0 atom stereocenters. The van der Waals surface area contributed by atoms with E-state index in [2.05, 4.69) is 14.9 Å². The number of hydrogen-bond acceptors (Lipinski definition) is 5. The molecule has 0 aromatic heterocycles. The molecule has 0 bridgehead atoms. The molecule has 2 aliphatic heterocycles. The van der Waals surface area contributed by atoms with Crippen molar-refractivity contribution in [3.05, 3.63) is 48.3 Å². The summed E-state index contributed by atoms with van der Waals surface area (Å²) in [7, 11) is 0. The third-order valence-corrected chi connectivity index (χ3v) is 6.30. The quantitative estimate of drug-likeness (QED) is 0.484. The van der Waals surface area contributed by atoms with Gasteiger partial charge in [0.2, 0.25) is 0 Å². The van der Waals surface area contributed by atoms with E-state index in [1.54, 1.807) is 18.5 Å². The topological polar surface area (TPSA) is 46.4 Å². The summed E-state index contributed by atoms with van der Waals surface area (Å²) in [5.74, 6) is 1.34. The summed E-state index contributed by atoms with van der Waals surface area (Å²) in [5, 5.41) is 0. The molecule has 6 heteroatoms. The third-order valence-electron chi connectivity index (χ3n) is 6.30. The highest BCUT2D eigenvalue weighted by molar-refractivity contribution is 6.03. The lowest BCUT2D eigenvalue weighted by Gasteiger charge is -2.52. The first kappa shape index (κ1) is 25.4. The number of aliphatic imine (C=N–C) groups is 2. The molecule has 2 heterocycles. The second kappa shape index (κ2) is 11.3. The minimum absolute atomic E-state index is 0.139. The van der Waals surface area contributed by atoms with E-state index in [0.717, 1.165) is 49.8 Å². The summed E-state index contributed by atoms with van der Waals surface area (Å²) in [6, 6.07) is 0. The average Bonchev–Trinajstić information content (AvgIpc) is 3.08. The van der Waals surface area contributed by atoms with Crippen molar-refractivity contribution in [1.82, 2.24) is 4.90 Å². The van der Waals surface area contributed by atoms with Crippen LogP contribution in [0.5, 0.6) is 0 Å². The fourth-order valence-electron chi connectivity index (χ4n) is 4.78. The Bertz CT molecular complexity index is 845. The van der Waals surface area contributed by atoms with Crippen LogP contribution in [0.2, 0.25) is 0 Å². The van der Waals surface area contributed by atoms with Crippen molar-refractivity contribution in [2.75, 3.05) is 19.6 Å². The summed E-state index contributed by atoms with van der Waals surface area (Å²) in [6.45, 7) is 13.1. The van der Waals surface area contributed by atoms with Gasteiger partial charge in [-0.05, 0) is 77.1 Å². The van der Waals surface area contributed by atoms with Crippen LogP contribution in [0.25, 0.3) is 0 Å². The Morgan fingerprint density at radius 3 is 2.39 bits per heavy atom. The normalized spacial score (nSPS) is 23.1. The van der Waals surface area contributed by atoms with Crippen molar-refractivity contribution in [1.29, 1.82) is 0 Å². The maximum absolute atomic E-state index is 13.6. The van der Waals surface area contributed by atoms with E-state index >= 15 is 0 Å². The average molecular weight is 458 g/mol. The second-order valence-corrected chi connectivity index (χ2v) is 10.1. The fourth-order valence-corrected chi connectivity index (χ4v) is 4.78. The number of likely N-dealkylation sites (tertiary alicyclic amines) is 1. The van der Waals surface area contributed by atoms with E-state index in [9.17, 15) is 4.39 Å². The van der Waals surface area contributed by atoms with Crippen molar-refractivity contribution in [3.63, 3.8) is 0 Å². The number of piperidine rings is 1. The molecule has 0 aromatic rings. The molecular weight excluding hydrogens is 417 g/mol. The third kappa shape index (κ3) is 7.66. The number of nitrogens with zero attached hydrogens (tertiary/aromatic N) is 3. The molecule has 33 heavy (non-hydrogen) atoms. The summed E-state index contributed by atoms with van der Waals surface area (Å²) in [4.78, 5) is 11.5. The molecule has 4 aliphatic rings. The van der Waals surface area contributed by atoms with Gasteiger partial charge in [0.25, 0.3) is 0 Å². The van der Waals surface area contributed by atoms with E-state index < -0.39 is 0 Å². The highest BCUT2D eigenvalue weighted by Gasteiger charge is 2.47. The summed E-state index contributed by atoms with van der Waals surface area (Å²) in [6.07, 6.45) is 16.1. The highest BCUT2D eigenvalue weighted by Crippen LogP contribution is 2.51. The molecule has 2 fully saturated rings. The van der Waals surface area contributed by atoms with Crippen molar-refractivity contribution in [2.45, 2.75) is 84.8 Å². The van der Waals surface area contributed by atoms with Gasteiger partial charge in [0, 0.05) is 24.7 Å². The van der Waals surface area contributed by atoms with Gasteiger partial charge in [0.1, 0.15) is 17.2 Å². The van der Waals surface area contributed by atoms with E-state index in [-0.39, 0.29) is 24.0 Å². The van der Waals surface area contributed by atoms with Gasteiger partial charge in [0.15, 0.2) is 5.90 Å². The summed E-state index contributed by atoms with van der Waals surface area (Å²) >= 11 is 0. The van der Waals surface area contributed by atoms with Crippen LogP contribution in [0, 0.1) is 5.41 Å². The van der Waals surface area contributed by atoms with Crippen LogP contribution in [0.3, 0.4) is 0 Å². The molecule has 1 spiro atoms. The van der Waals surface area contributed by atoms with Crippen molar-refractivity contribution in [3.8, 4) is 0 Å². The van der Waals surface area contributed by atoms with Crippen LogP contribution in [-0.4, -0.2) is 47.8 Å². The number of ether oxygens (including phenoxy) is 2. The van der Waals surface area contributed by atoms with E-state index in [1.807, 2.05) is 46.8 Å². The molecule has 1 saturated carbocycles. The molecular formula is C27H40FN3O2. The van der Waals surface area contributed by atoms with Crippen molar-refractivity contribution < 1.29 is 13.9 Å². The predicted octanol–water partition coefficient (Wildman–Crippen LogP) is 6.50. The number of rotatable bonds is 4. The lowest BCUT2D eigenvalue weighted by atomic mass is 9.61. The Kier molecular flexibility index (Phi) is 8.69. The van der Waals surface area contributed by atoms with Gasteiger partial charge in [0.05, 0.1) is 18.9 Å². The summed E-state index contributed by atoms with van der Waals surface area (Å²) in [5.41, 5.74) is 1.24. The first-order chi connectivity index (χ1) is 15.8. The van der Waals surface area contributed by atoms with Crippen LogP contribution in [0.15, 0.2) is 58.3 Å². The lowest BCUT2D eigenvalue weighted by Crippen LogP contribution is -2.50. The van der Waals surface area contributed by atoms with E-state index in [1.165, 1.54) is 18.9 Å². The van der Waals surface area contributed by atoms with E-state index in [0.29, 0.717) is 11.8 Å². The smallest absolute Gasteiger partial charge is 0.194 e. The van der Waals surface area contributed by atoms with Gasteiger partial charge in [-0.25, -0.2) is 9.38 Å². The Morgan fingerprint density at radius 1 is 1.03 bits per heavy atom. The number of halogens is 1. The zero-order valence-electron chi connectivity index (χ0n) is 20.9. The maximum atomic E-state index is 13.6. The predicted molar refractivity (Wildman–Crippen MR) is 134 cm³/mol. The zero-order chi connectivity index (χ0) is 23.9. The van der Waals surface area contributed by atoms with Gasteiger partial charge in [-0.3, -0.25) is 9.89 Å². The summed E-state index contributed by atoms with van der Waals surface area (Å²) < 4.78 is 25.7. The maximum Gasteiger partial charge on any atom is 0.194 e. The Morgan fingerprint density at radius 2 is 1.70 bits per heavy atom. The van der Waals surface area contributed by atoms with Gasteiger partial charge in [-0.2, -0.15) is 0 Å². The molecule has 0 amide bonds. The molecule has 0 aromatic carbocycles. The molecule has 5 nitrogen and oxygen atoms in total. The lowest BCUT2D eigenvalue weighted by molar-refractivity contribution is -0.0818. The van der Waals surface area contributed by atoms with Crippen LogP contribution >= 0.6 is 0 Å².